The zero-order valence-corrected chi connectivity index (χ0v) is 16.5. The Bertz CT molecular complexity index is 959. The van der Waals surface area contributed by atoms with E-state index in [-0.39, 0.29) is 5.91 Å². The lowest BCUT2D eigenvalue weighted by atomic mass is 10.1. The molecule has 0 bridgehead atoms. The number of hydrogen-bond acceptors (Lipinski definition) is 5. The maximum Gasteiger partial charge on any atom is 0.256 e. The summed E-state index contributed by atoms with van der Waals surface area (Å²) in [5.74, 6) is 0.245. The SMILES string of the molecule is COc1cc(NC(=O)c2cccc(C#N)c2)c(C(=O)N2CCCCC2)cc1OC. The van der Waals surface area contributed by atoms with Gasteiger partial charge in [-0.25, -0.2) is 0 Å². The van der Waals surface area contributed by atoms with Crippen molar-refractivity contribution < 1.29 is 19.1 Å². The van der Waals surface area contributed by atoms with Crippen molar-refractivity contribution in [1.82, 2.24) is 4.90 Å². The minimum Gasteiger partial charge on any atom is -0.493 e. The highest BCUT2D eigenvalue weighted by atomic mass is 16.5. The Kier molecular flexibility index (Phi) is 6.35. The molecule has 1 N–H and O–H groups in total. The van der Waals surface area contributed by atoms with Gasteiger partial charge in [0, 0.05) is 24.7 Å². The minimum atomic E-state index is -0.415. The van der Waals surface area contributed by atoms with Crippen molar-refractivity contribution in [3.8, 4) is 17.6 Å². The van der Waals surface area contributed by atoms with Crippen LogP contribution in [0.3, 0.4) is 0 Å². The number of likely N-dealkylation sites (tertiary alicyclic amines) is 1. The molecule has 0 atom stereocenters. The number of nitrogens with one attached hydrogen (secondary N) is 1. The van der Waals surface area contributed by atoms with Gasteiger partial charge in [-0.2, -0.15) is 5.26 Å². The fourth-order valence-electron chi connectivity index (χ4n) is 3.35. The summed E-state index contributed by atoms with van der Waals surface area (Å²) in [7, 11) is 2.99. The molecule has 1 fully saturated rings. The van der Waals surface area contributed by atoms with Crippen LogP contribution in [0.2, 0.25) is 0 Å². The summed E-state index contributed by atoms with van der Waals surface area (Å²) < 4.78 is 10.7. The van der Waals surface area contributed by atoms with Gasteiger partial charge >= 0.3 is 0 Å². The van der Waals surface area contributed by atoms with E-state index in [4.69, 9.17) is 14.7 Å². The average molecular weight is 393 g/mol. The van der Waals surface area contributed by atoms with Gasteiger partial charge in [0.25, 0.3) is 11.8 Å². The van der Waals surface area contributed by atoms with Crippen LogP contribution in [-0.4, -0.2) is 44.0 Å². The average Bonchev–Trinajstić information content (AvgIpc) is 2.78. The molecule has 3 rings (SSSR count). The second-order valence-corrected chi connectivity index (χ2v) is 6.75. The molecule has 0 aliphatic carbocycles. The molecule has 29 heavy (non-hydrogen) atoms. The second kappa shape index (κ2) is 9.11. The molecular weight excluding hydrogens is 370 g/mol. The normalized spacial score (nSPS) is 13.3. The van der Waals surface area contributed by atoms with Gasteiger partial charge in [0.1, 0.15) is 0 Å². The summed E-state index contributed by atoms with van der Waals surface area (Å²) >= 11 is 0. The number of nitrogens with zero attached hydrogens (tertiary/aromatic N) is 2. The van der Waals surface area contributed by atoms with Crippen molar-refractivity contribution in [2.24, 2.45) is 0 Å². The van der Waals surface area contributed by atoms with Gasteiger partial charge in [-0.1, -0.05) is 6.07 Å². The number of amides is 2. The number of carbonyl (C=O) groups excluding carboxylic acids is 2. The number of piperidine rings is 1. The van der Waals surface area contributed by atoms with Gasteiger partial charge < -0.3 is 19.7 Å². The van der Waals surface area contributed by atoms with E-state index in [1.807, 2.05) is 6.07 Å². The number of carbonyl (C=O) groups is 2. The van der Waals surface area contributed by atoms with E-state index in [2.05, 4.69) is 5.32 Å². The quantitative estimate of drug-likeness (QED) is 0.840. The fourth-order valence-corrected chi connectivity index (χ4v) is 3.35. The van der Waals surface area contributed by atoms with E-state index in [1.165, 1.54) is 20.3 Å². The predicted molar refractivity (Wildman–Crippen MR) is 108 cm³/mol. The summed E-state index contributed by atoms with van der Waals surface area (Å²) in [6.45, 7) is 1.37. The predicted octanol–water partition coefficient (Wildman–Crippen LogP) is 3.45. The lowest BCUT2D eigenvalue weighted by molar-refractivity contribution is 0.0725. The highest BCUT2D eigenvalue weighted by molar-refractivity contribution is 6.09. The number of rotatable bonds is 5. The number of anilines is 1. The first-order valence-electron chi connectivity index (χ1n) is 9.44. The van der Waals surface area contributed by atoms with Crippen molar-refractivity contribution in [2.45, 2.75) is 19.3 Å². The van der Waals surface area contributed by atoms with Gasteiger partial charge in [-0.05, 0) is 43.5 Å². The third-order valence-corrected chi connectivity index (χ3v) is 4.90. The van der Waals surface area contributed by atoms with E-state index >= 15 is 0 Å². The first-order valence-corrected chi connectivity index (χ1v) is 9.44. The highest BCUT2D eigenvalue weighted by Crippen LogP contribution is 2.34. The van der Waals surface area contributed by atoms with E-state index in [0.717, 1.165) is 19.3 Å². The first-order chi connectivity index (χ1) is 14.1. The largest absolute Gasteiger partial charge is 0.493 e. The summed E-state index contributed by atoms with van der Waals surface area (Å²) in [6, 6.07) is 11.6. The zero-order chi connectivity index (χ0) is 20.8. The van der Waals surface area contributed by atoms with E-state index in [9.17, 15) is 9.59 Å². The summed E-state index contributed by atoms with van der Waals surface area (Å²) in [4.78, 5) is 27.7. The van der Waals surface area contributed by atoms with Crippen LogP contribution < -0.4 is 14.8 Å². The molecule has 2 amide bonds. The van der Waals surface area contributed by atoms with Gasteiger partial charge in [0.05, 0.1) is 37.1 Å². The van der Waals surface area contributed by atoms with Crippen LogP contribution in [0.4, 0.5) is 5.69 Å². The maximum atomic E-state index is 13.1. The molecule has 150 valence electrons. The van der Waals surface area contributed by atoms with Crippen molar-refractivity contribution in [3.05, 3.63) is 53.1 Å². The molecule has 2 aromatic rings. The van der Waals surface area contributed by atoms with E-state index in [1.54, 1.807) is 35.2 Å². The molecular formula is C22H23N3O4. The topological polar surface area (TPSA) is 91.7 Å². The van der Waals surface area contributed by atoms with Crippen molar-refractivity contribution in [3.63, 3.8) is 0 Å². The lowest BCUT2D eigenvalue weighted by Crippen LogP contribution is -2.36. The number of methoxy groups -OCH3 is 2. The molecule has 1 saturated heterocycles. The molecule has 1 heterocycles. The van der Waals surface area contributed by atoms with Gasteiger partial charge in [-0.15, -0.1) is 0 Å². The van der Waals surface area contributed by atoms with Crippen molar-refractivity contribution in [2.75, 3.05) is 32.6 Å². The minimum absolute atomic E-state index is 0.160. The molecule has 0 aromatic heterocycles. The molecule has 0 saturated carbocycles. The smallest absolute Gasteiger partial charge is 0.256 e. The van der Waals surface area contributed by atoms with Crippen LogP contribution in [0.25, 0.3) is 0 Å². The van der Waals surface area contributed by atoms with Crippen molar-refractivity contribution >= 4 is 17.5 Å². The Morgan fingerprint density at radius 2 is 1.72 bits per heavy atom. The number of hydrogen-bond donors (Lipinski definition) is 1. The van der Waals surface area contributed by atoms with Crippen LogP contribution >= 0.6 is 0 Å². The number of ether oxygens (including phenoxy) is 2. The second-order valence-electron chi connectivity index (χ2n) is 6.75. The molecule has 2 aromatic carbocycles. The van der Waals surface area contributed by atoms with Gasteiger partial charge in [0.15, 0.2) is 11.5 Å². The molecule has 1 aliphatic heterocycles. The summed E-state index contributed by atoms with van der Waals surface area (Å²) in [5, 5.41) is 11.9. The highest BCUT2D eigenvalue weighted by Gasteiger charge is 2.24. The Morgan fingerprint density at radius 1 is 1.03 bits per heavy atom. The van der Waals surface area contributed by atoms with Gasteiger partial charge in [-0.3, -0.25) is 9.59 Å². The van der Waals surface area contributed by atoms with E-state index in [0.29, 0.717) is 47.0 Å². The molecule has 7 nitrogen and oxygen atoms in total. The number of benzene rings is 2. The van der Waals surface area contributed by atoms with Crippen LogP contribution in [0.1, 0.15) is 45.5 Å². The van der Waals surface area contributed by atoms with E-state index < -0.39 is 5.91 Å². The van der Waals surface area contributed by atoms with Crippen LogP contribution in [0, 0.1) is 11.3 Å². The Labute approximate surface area is 169 Å². The van der Waals surface area contributed by atoms with Crippen LogP contribution in [0.15, 0.2) is 36.4 Å². The zero-order valence-electron chi connectivity index (χ0n) is 16.5. The Hall–Kier alpha value is -3.53. The Morgan fingerprint density at radius 3 is 2.38 bits per heavy atom. The summed E-state index contributed by atoms with van der Waals surface area (Å²) in [6.07, 6.45) is 3.03. The molecule has 1 aliphatic rings. The maximum absolute atomic E-state index is 13.1. The molecule has 7 heteroatoms. The third kappa shape index (κ3) is 4.49. The molecule has 0 unspecified atom stereocenters. The molecule has 0 radical (unpaired) electrons. The molecule has 0 spiro atoms. The van der Waals surface area contributed by atoms with Crippen LogP contribution in [-0.2, 0) is 0 Å². The third-order valence-electron chi connectivity index (χ3n) is 4.90. The first kappa shape index (κ1) is 20.2. The monoisotopic (exact) mass is 393 g/mol. The number of nitriles is 1. The van der Waals surface area contributed by atoms with Crippen LogP contribution in [0.5, 0.6) is 11.5 Å². The Balaban J connectivity index is 1.97. The van der Waals surface area contributed by atoms with Gasteiger partial charge in [0.2, 0.25) is 0 Å². The lowest BCUT2D eigenvalue weighted by Gasteiger charge is -2.28. The van der Waals surface area contributed by atoms with Crippen molar-refractivity contribution in [1.29, 1.82) is 5.26 Å². The standard InChI is InChI=1S/C22H23N3O4/c1-28-19-12-17(22(27)25-9-4-3-5-10-25)18(13-20(19)29-2)24-21(26)16-8-6-7-15(11-16)14-23/h6-8,11-13H,3-5,9-10H2,1-2H3,(H,24,26). The fraction of sp³-hybridized carbons (Fsp3) is 0.318. The summed E-state index contributed by atoms with van der Waals surface area (Å²) in [5.41, 5.74) is 1.39.